The molecule has 0 aliphatic rings. The van der Waals surface area contributed by atoms with E-state index in [4.69, 9.17) is 26.1 Å². The topological polar surface area (TPSA) is 77.7 Å². The van der Waals surface area contributed by atoms with Gasteiger partial charge in [0.2, 0.25) is 0 Å². The summed E-state index contributed by atoms with van der Waals surface area (Å²) < 4.78 is 12.9. The first-order chi connectivity index (χ1) is 17.1. The van der Waals surface area contributed by atoms with Gasteiger partial charge in [-0.05, 0) is 54.4 Å². The Hall–Kier alpha value is -3.49. The van der Waals surface area contributed by atoms with Crippen LogP contribution in [0.3, 0.4) is 0 Å². The Bertz CT molecular complexity index is 1360. The molecular weight excluding hydrogens is 484 g/mol. The van der Waals surface area contributed by atoms with Crippen LogP contribution < -0.4 is 14.9 Å². The summed E-state index contributed by atoms with van der Waals surface area (Å²) in [6, 6.07) is 21.1. The molecule has 1 amide bonds. The van der Waals surface area contributed by atoms with Crippen LogP contribution in [0.15, 0.2) is 77.0 Å². The van der Waals surface area contributed by atoms with Crippen molar-refractivity contribution in [1.29, 1.82) is 0 Å². The molecule has 0 fully saturated rings. The predicted molar refractivity (Wildman–Crippen MR) is 141 cm³/mol. The molecule has 1 N–H and O–H groups in total. The van der Waals surface area contributed by atoms with Crippen LogP contribution in [0.2, 0.25) is 5.02 Å². The molecule has 35 heavy (non-hydrogen) atoms. The summed E-state index contributed by atoms with van der Waals surface area (Å²) in [5, 5.41) is 5.50. The number of ether oxygens (including phenoxy) is 2. The Balaban J connectivity index is 1.42. The quantitative estimate of drug-likeness (QED) is 0.176. The van der Waals surface area contributed by atoms with E-state index < -0.39 is 0 Å². The minimum Gasteiger partial charge on any atom is -0.493 e. The van der Waals surface area contributed by atoms with E-state index in [0.29, 0.717) is 29.7 Å². The summed E-state index contributed by atoms with van der Waals surface area (Å²) in [5.41, 5.74) is 6.18. The van der Waals surface area contributed by atoms with E-state index in [1.54, 1.807) is 19.4 Å². The lowest BCUT2D eigenvalue weighted by Crippen LogP contribution is -2.20. The minimum atomic E-state index is -0.236. The zero-order valence-corrected chi connectivity index (χ0v) is 21.0. The van der Waals surface area contributed by atoms with Gasteiger partial charge in [-0.3, -0.25) is 4.79 Å². The second-order valence-corrected chi connectivity index (χ2v) is 8.84. The van der Waals surface area contributed by atoms with Crippen LogP contribution in [-0.2, 0) is 11.3 Å². The van der Waals surface area contributed by atoms with Gasteiger partial charge in [0.25, 0.3) is 5.91 Å². The highest BCUT2D eigenvalue weighted by molar-refractivity contribution is 7.99. The highest BCUT2D eigenvalue weighted by atomic mass is 35.5. The molecule has 0 radical (unpaired) electrons. The molecule has 0 saturated carbocycles. The van der Waals surface area contributed by atoms with Crippen LogP contribution in [0.25, 0.3) is 11.0 Å². The second-order valence-electron chi connectivity index (χ2n) is 7.49. The van der Waals surface area contributed by atoms with Crippen LogP contribution in [0.1, 0.15) is 18.1 Å². The number of rotatable bonds is 10. The standard InChI is InChI=1S/C26H25ClN4O3S/c1-3-34-23-13-12-18(14-24(23)33-2)15-28-30-25(32)17-35-26-29-21-10-6-7-11-22(21)31(26)16-19-8-4-5-9-20(19)27/h4-15H,3,16-17H2,1-2H3,(H,30,32)/b28-15-. The molecule has 1 aromatic heterocycles. The maximum absolute atomic E-state index is 12.5. The molecule has 180 valence electrons. The summed E-state index contributed by atoms with van der Waals surface area (Å²) in [6.07, 6.45) is 1.56. The minimum absolute atomic E-state index is 0.162. The van der Waals surface area contributed by atoms with E-state index in [1.807, 2.05) is 67.6 Å². The van der Waals surface area contributed by atoms with Crippen molar-refractivity contribution in [2.75, 3.05) is 19.5 Å². The summed E-state index contributed by atoms with van der Waals surface area (Å²) in [4.78, 5) is 17.2. The summed E-state index contributed by atoms with van der Waals surface area (Å²) in [6.45, 7) is 3.01. The van der Waals surface area contributed by atoms with Crippen LogP contribution in [0.5, 0.6) is 11.5 Å². The number of thioether (sulfide) groups is 1. The van der Waals surface area contributed by atoms with Gasteiger partial charge in [0.1, 0.15) is 0 Å². The smallest absolute Gasteiger partial charge is 0.250 e. The van der Waals surface area contributed by atoms with Crippen molar-refractivity contribution in [3.8, 4) is 11.5 Å². The molecule has 4 rings (SSSR count). The van der Waals surface area contributed by atoms with Crippen LogP contribution in [0, 0.1) is 0 Å². The molecule has 4 aromatic rings. The number of nitrogens with one attached hydrogen (secondary N) is 1. The lowest BCUT2D eigenvalue weighted by molar-refractivity contribution is -0.118. The molecule has 1 heterocycles. The monoisotopic (exact) mass is 508 g/mol. The van der Waals surface area contributed by atoms with E-state index in [-0.39, 0.29) is 11.7 Å². The van der Waals surface area contributed by atoms with Gasteiger partial charge in [0.05, 0.1) is 43.3 Å². The number of nitrogens with zero attached hydrogens (tertiary/aromatic N) is 3. The average Bonchev–Trinajstić information content (AvgIpc) is 3.22. The normalized spacial score (nSPS) is 11.2. The Morgan fingerprint density at radius 2 is 1.94 bits per heavy atom. The number of imidazole rings is 1. The van der Waals surface area contributed by atoms with E-state index >= 15 is 0 Å². The van der Waals surface area contributed by atoms with Crippen molar-refractivity contribution < 1.29 is 14.3 Å². The largest absolute Gasteiger partial charge is 0.493 e. The summed E-state index contributed by atoms with van der Waals surface area (Å²) >= 11 is 7.74. The van der Waals surface area contributed by atoms with Gasteiger partial charge >= 0.3 is 0 Å². The number of carbonyl (C=O) groups is 1. The zero-order chi connectivity index (χ0) is 24.6. The number of hydrogen-bond donors (Lipinski definition) is 1. The van der Waals surface area contributed by atoms with Crippen molar-refractivity contribution in [3.05, 3.63) is 82.9 Å². The number of halogens is 1. The molecule has 0 unspecified atom stereocenters. The lowest BCUT2D eigenvalue weighted by atomic mass is 10.2. The highest BCUT2D eigenvalue weighted by Crippen LogP contribution is 2.28. The fourth-order valence-corrected chi connectivity index (χ4v) is 4.50. The van der Waals surface area contributed by atoms with Crippen molar-refractivity contribution in [1.82, 2.24) is 15.0 Å². The molecule has 0 spiro atoms. The summed E-state index contributed by atoms with van der Waals surface area (Å²) in [7, 11) is 1.58. The third kappa shape index (κ3) is 6.15. The number of amides is 1. The molecule has 0 saturated heterocycles. The Morgan fingerprint density at radius 1 is 1.14 bits per heavy atom. The fraction of sp³-hybridized carbons (Fsp3) is 0.192. The number of fused-ring (bicyclic) bond motifs is 1. The molecule has 3 aromatic carbocycles. The van der Waals surface area contributed by atoms with E-state index in [9.17, 15) is 4.79 Å². The number of benzene rings is 3. The van der Waals surface area contributed by atoms with Crippen molar-refractivity contribution in [2.24, 2.45) is 5.10 Å². The van der Waals surface area contributed by atoms with Gasteiger partial charge in [-0.25, -0.2) is 10.4 Å². The van der Waals surface area contributed by atoms with E-state index in [2.05, 4.69) is 15.1 Å². The molecule has 7 nitrogen and oxygen atoms in total. The first-order valence-electron chi connectivity index (χ1n) is 11.0. The van der Waals surface area contributed by atoms with Crippen LogP contribution in [0.4, 0.5) is 0 Å². The summed E-state index contributed by atoms with van der Waals surface area (Å²) in [5.74, 6) is 1.19. The molecule has 0 bridgehead atoms. The second kappa shape index (κ2) is 11.8. The SMILES string of the molecule is CCOc1ccc(/C=N\NC(=O)CSc2nc3ccccc3n2Cc2ccccc2Cl)cc1OC. The van der Waals surface area contributed by atoms with E-state index in [0.717, 1.165) is 27.3 Å². The maximum atomic E-state index is 12.5. The third-order valence-electron chi connectivity index (χ3n) is 5.13. The third-order valence-corrected chi connectivity index (χ3v) is 6.47. The molecular formula is C26H25ClN4O3S. The highest BCUT2D eigenvalue weighted by Gasteiger charge is 2.14. The first kappa shape index (κ1) is 24.6. The molecule has 0 atom stereocenters. The molecule has 0 aliphatic heterocycles. The zero-order valence-electron chi connectivity index (χ0n) is 19.4. The van der Waals surface area contributed by atoms with Gasteiger partial charge in [-0.2, -0.15) is 5.10 Å². The van der Waals surface area contributed by atoms with E-state index in [1.165, 1.54) is 11.8 Å². The first-order valence-corrected chi connectivity index (χ1v) is 12.4. The van der Waals surface area contributed by atoms with Gasteiger partial charge in [-0.1, -0.05) is 53.7 Å². The molecule has 9 heteroatoms. The van der Waals surface area contributed by atoms with Gasteiger partial charge in [0, 0.05) is 5.02 Å². The maximum Gasteiger partial charge on any atom is 0.250 e. The van der Waals surface area contributed by atoms with Gasteiger partial charge < -0.3 is 14.0 Å². The van der Waals surface area contributed by atoms with Crippen molar-refractivity contribution in [3.63, 3.8) is 0 Å². The van der Waals surface area contributed by atoms with Gasteiger partial charge in [-0.15, -0.1) is 0 Å². The number of aromatic nitrogens is 2. The lowest BCUT2D eigenvalue weighted by Gasteiger charge is -2.10. The molecule has 0 aliphatic carbocycles. The fourth-order valence-electron chi connectivity index (χ4n) is 3.49. The van der Waals surface area contributed by atoms with Gasteiger partial charge in [0.15, 0.2) is 16.7 Å². The van der Waals surface area contributed by atoms with Crippen LogP contribution >= 0.6 is 23.4 Å². The van der Waals surface area contributed by atoms with Crippen molar-refractivity contribution in [2.45, 2.75) is 18.6 Å². The number of para-hydroxylation sites is 2. The van der Waals surface area contributed by atoms with Crippen LogP contribution in [-0.4, -0.2) is 41.1 Å². The predicted octanol–water partition coefficient (Wildman–Crippen LogP) is 5.39. The van der Waals surface area contributed by atoms with Crippen molar-refractivity contribution >= 4 is 46.5 Å². The number of carbonyl (C=O) groups excluding carboxylic acids is 1. The number of hydrogen-bond acceptors (Lipinski definition) is 6. The Labute approximate surface area is 213 Å². The Kier molecular flexibility index (Phi) is 8.28. The number of hydrazone groups is 1. The average molecular weight is 509 g/mol. The number of methoxy groups -OCH3 is 1. The Morgan fingerprint density at radius 3 is 2.74 bits per heavy atom.